The molecule has 0 radical (unpaired) electrons. The zero-order valence-electron chi connectivity index (χ0n) is 12.8. The van der Waals surface area contributed by atoms with Crippen LogP contribution in [0.2, 0.25) is 0 Å². The summed E-state index contributed by atoms with van der Waals surface area (Å²) in [5, 5.41) is 3.41. The molecule has 1 aliphatic carbocycles. The monoisotopic (exact) mass is 290 g/mol. The van der Waals surface area contributed by atoms with Gasteiger partial charge in [-0.3, -0.25) is 4.79 Å². The van der Waals surface area contributed by atoms with E-state index in [0.29, 0.717) is 6.04 Å². The van der Waals surface area contributed by atoms with Gasteiger partial charge in [-0.05, 0) is 31.9 Å². The molecule has 1 aromatic rings. The first-order valence-corrected chi connectivity index (χ1v) is 7.92. The number of nitrogens with zero attached hydrogens (tertiary/aromatic N) is 2. The van der Waals surface area contributed by atoms with E-state index in [1.54, 1.807) is 6.20 Å². The number of pyridine rings is 1. The fourth-order valence-electron chi connectivity index (χ4n) is 2.99. The van der Waals surface area contributed by atoms with Gasteiger partial charge in [0.25, 0.3) is 0 Å². The van der Waals surface area contributed by atoms with E-state index in [4.69, 9.17) is 5.73 Å². The number of aromatic nitrogens is 1. The normalized spacial score (nSPS) is 15.3. The summed E-state index contributed by atoms with van der Waals surface area (Å²) >= 11 is 0. The third kappa shape index (κ3) is 4.43. The third-order valence-corrected chi connectivity index (χ3v) is 3.97. The Morgan fingerprint density at radius 2 is 2.24 bits per heavy atom. The van der Waals surface area contributed by atoms with Crippen LogP contribution in [0.25, 0.3) is 0 Å². The van der Waals surface area contributed by atoms with E-state index in [9.17, 15) is 4.79 Å². The maximum absolute atomic E-state index is 11.4. The first kappa shape index (κ1) is 15.8. The van der Waals surface area contributed by atoms with E-state index in [1.165, 1.54) is 12.8 Å². The number of hydrogen-bond acceptors (Lipinski definition) is 4. The lowest BCUT2D eigenvalue weighted by molar-refractivity contribution is -0.116. The Balaban J connectivity index is 2.19. The van der Waals surface area contributed by atoms with Crippen molar-refractivity contribution in [1.29, 1.82) is 0 Å². The summed E-state index contributed by atoms with van der Waals surface area (Å²) in [4.78, 5) is 18.1. The fraction of sp³-hybridized carbons (Fsp3) is 0.625. The zero-order valence-corrected chi connectivity index (χ0v) is 12.8. The highest BCUT2D eigenvalue weighted by atomic mass is 16.1. The summed E-state index contributed by atoms with van der Waals surface area (Å²) in [5.41, 5.74) is 6.58. The van der Waals surface area contributed by atoms with Crippen LogP contribution in [0, 0.1) is 0 Å². The smallest absolute Gasteiger partial charge is 0.237 e. The molecule has 1 aliphatic rings. The van der Waals surface area contributed by atoms with Crippen LogP contribution in [0.3, 0.4) is 0 Å². The summed E-state index contributed by atoms with van der Waals surface area (Å²) in [6.45, 7) is 4.16. The Labute approximate surface area is 126 Å². The van der Waals surface area contributed by atoms with Crippen molar-refractivity contribution in [3.63, 3.8) is 0 Å². The van der Waals surface area contributed by atoms with Crippen molar-refractivity contribution in [2.75, 3.05) is 18.0 Å². The molecule has 1 saturated carbocycles. The van der Waals surface area contributed by atoms with E-state index < -0.39 is 0 Å². The van der Waals surface area contributed by atoms with Crippen molar-refractivity contribution in [3.8, 4) is 0 Å². The zero-order chi connectivity index (χ0) is 15.1. The Morgan fingerprint density at radius 3 is 2.90 bits per heavy atom. The minimum atomic E-state index is -0.292. The van der Waals surface area contributed by atoms with Crippen molar-refractivity contribution in [2.24, 2.45) is 5.73 Å². The molecule has 1 amide bonds. The third-order valence-electron chi connectivity index (χ3n) is 3.97. The van der Waals surface area contributed by atoms with E-state index in [1.807, 2.05) is 6.07 Å². The van der Waals surface area contributed by atoms with Crippen molar-refractivity contribution in [2.45, 2.75) is 51.6 Å². The van der Waals surface area contributed by atoms with Crippen LogP contribution in [-0.2, 0) is 11.3 Å². The largest absolute Gasteiger partial charge is 0.368 e. The van der Waals surface area contributed by atoms with Crippen molar-refractivity contribution >= 4 is 11.7 Å². The SMILES string of the molecule is CCCNCc1cccnc1N(CC(N)=O)C1CCCC1. The molecule has 0 spiro atoms. The maximum atomic E-state index is 11.4. The van der Waals surface area contributed by atoms with Gasteiger partial charge in [0.1, 0.15) is 5.82 Å². The summed E-state index contributed by atoms with van der Waals surface area (Å²) in [6.07, 6.45) is 7.56. The summed E-state index contributed by atoms with van der Waals surface area (Å²) in [7, 11) is 0. The van der Waals surface area contributed by atoms with Gasteiger partial charge in [-0.15, -0.1) is 0 Å². The quantitative estimate of drug-likeness (QED) is 0.716. The average molecular weight is 290 g/mol. The van der Waals surface area contributed by atoms with Crippen molar-refractivity contribution < 1.29 is 4.79 Å². The highest BCUT2D eigenvalue weighted by Gasteiger charge is 2.26. The number of nitrogens with one attached hydrogen (secondary N) is 1. The second-order valence-electron chi connectivity index (χ2n) is 5.70. The lowest BCUT2D eigenvalue weighted by Gasteiger charge is -2.30. The topological polar surface area (TPSA) is 71.2 Å². The molecule has 0 unspecified atom stereocenters. The molecule has 0 aliphatic heterocycles. The molecular formula is C16H26N4O. The summed E-state index contributed by atoms with van der Waals surface area (Å²) in [6, 6.07) is 4.41. The van der Waals surface area contributed by atoms with Gasteiger partial charge in [-0.2, -0.15) is 0 Å². The number of primary amides is 1. The van der Waals surface area contributed by atoms with Gasteiger partial charge in [0, 0.05) is 24.3 Å². The average Bonchev–Trinajstić information content (AvgIpc) is 2.99. The van der Waals surface area contributed by atoms with Crippen LogP contribution in [0.15, 0.2) is 18.3 Å². The van der Waals surface area contributed by atoms with Crippen molar-refractivity contribution in [3.05, 3.63) is 23.9 Å². The van der Waals surface area contributed by atoms with Crippen LogP contribution in [0.4, 0.5) is 5.82 Å². The lowest BCUT2D eigenvalue weighted by Crippen LogP contribution is -2.41. The van der Waals surface area contributed by atoms with Gasteiger partial charge in [-0.25, -0.2) is 4.98 Å². The first-order valence-electron chi connectivity index (χ1n) is 7.92. The van der Waals surface area contributed by atoms with E-state index in [-0.39, 0.29) is 12.5 Å². The lowest BCUT2D eigenvalue weighted by atomic mass is 10.1. The number of nitrogens with two attached hydrogens (primary N) is 1. The molecule has 1 aromatic heterocycles. The van der Waals surface area contributed by atoms with Gasteiger partial charge in [0.15, 0.2) is 0 Å². The predicted octanol–water partition coefficient (Wildman–Crippen LogP) is 1.82. The number of amides is 1. The first-order chi connectivity index (χ1) is 10.2. The summed E-state index contributed by atoms with van der Waals surface area (Å²) in [5.74, 6) is 0.617. The highest BCUT2D eigenvalue weighted by Crippen LogP contribution is 2.28. The molecule has 21 heavy (non-hydrogen) atoms. The number of hydrogen-bond donors (Lipinski definition) is 2. The Kier molecular flexibility index (Phi) is 5.99. The van der Waals surface area contributed by atoms with Crippen LogP contribution < -0.4 is 16.0 Å². The molecule has 116 valence electrons. The molecule has 3 N–H and O–H groups in total. The van der Waals surface area contributed by atoms with Gasteiger partial charge in [0.05, 0.1) is 6.54 Å². The van der Waals surface area contributed by atoms with Crippen LogP contribution in [-0.4, -0.2) is 30.0 Å². The van der Waals surface area contributed by atoms with Gasteiger partial charge in [0.2, 0.25) is 5.91 Å². The molecule has 5 nitrogen and oxygen atoms in total. The van der Waals surface area contributed by atoms with Crippen LogP contribution >= 0.6 is 0 Å². The number of rotatable bonds is 8. The second kappa shape index (κ2) is 7.98. The van der Waals surface area contributed by atoms with Crippen LogP contribution in [0.1, 0.15) is 44.6 Å². The Hall–Kier alpha value is -1.62. The molecule has 0 saturated heterocycles. The number of carbonyl (C=O) groups excluding carboxylic acids is 1. The molecule has 1 heterocycles. The number of anilines is 1. The molecule has 0 bridgehead atoms. The maximum Gasteiger partial charge on any atom is 0.237 e. The fourth-order valence-corrected chi connectivity index (χ4v) is 2.99. The molecule has 2 rings (SSSR count). The van der Waals surface area contributed by atoms with Gasteiger partial charge >= 0.3 is 0 Å². The Morgan fingerprint density at radius 1 is 1.48 bits per heavy atom. The summed E-state index contributed by atoms with van der Waals surface area (Å²) < 4.78 is 0. The standard InChI is InChI=1S/C16H26N4O/c1-2-9-18-11-13-6-5-10-19-16(13)20(12-15(17)21)14-7-3-4-8-14/h5-6,10,14,18H,2-4,7-9,11-12H2,1H3,(H2,17,21). The van der Waals surface area contributed by atoms with E-state index in [0.717, 1.165) is 43.7 Å². The highest BCUT2D eigenvalue weighted by molar-refractivity contribution is 5.79. The molecule has 1 fully saturated rings. The predicted molar refractivity (Wildman–Crippen MR) is 85.0 cm³/mol. The van der Waals surface area contributed by atoms with E-state index >= 15 is 0 Å². The van der Waals surface area contributed by atoms with Crippen molar-refractivity contribution in [1.82, 2.24) is 10.3 Å². The molecule has 0 aromatic carbocycles. The minimum Gasteiger partial charge on any atom is -0.368 e. The van der Waals surface area contributed by atoms with Gasteiger partial charge in [-0.1, -0.05) is 25.8 Å². The molecule has 0 atom stereocenters. The number of carbonyl (C=O) groups is 1. The van der Waals surface area contributed by atoms with Gasteiger partial charge < -0.3 is 16.0 Å². The second-order valence-corrected chi connectivity index (χ2v) is 5.70. The van der Waals surface area contributed by atoms with E-state index in [2.05, 4.69) is 28.2 Å². The molecular weight excluding hydrogens is 264 g/mol. The minimum absolute atomic E-state index is 0.252. The molecule has 5 heteroatoms. The Bertz CT molecular complexity index is 457. The van der Waals surface area contributed by atoms with Crippen LogP contribution in [0.5, 0.6) is 0 Å².